The van der Waals surface area contributed by atoms with Crippen molar-refractivity contribution in [3.05, 3.63) is 57.3 Å². The second kappa shape index (κ2) is 8.92. The van der Waals surface area contributed by atoms with Gasteiger partial charge in [0.1, 0.15) is 5.82 Å². The normalized spacial score (nSPS) is 13.5. The molecule has 4 rings (SSSR count). The van der Waals surface area contributed by atoms with Crippen molar-refractivity contribution in [2.75, 3.05) is 24.2 Å². The van der Waals surface area contributed by atoms with Crippen LogP contribution in [0.1, 0.15) is 27.2 Å². The molecule has 0 radical (unpaired) electrons. The molecule has 160 valence electrons. The first-order valence-electron chi connectivity index (χ1n) is 9.57. The molecule has 1 aliphatic rings. The van der Waals surface area contributed by atoms with Gasteiger partial charge in [-0.15, -0.1) is 10.2 Å². The van der Waals surface area contributed by atoms with Crippen LogP contribution in [0.2, 0.25) is 0 Å². The lowest BCUT2D eigenvalue weighted by Crippen LogP contribution is -2.26. The Balaban J connectivity index is 1.66. The monoisotopic (exact) mass is 484 g/mol. The van der Waals surface area contributed by atoms with Gasteiger partial charge in [-0.25, -0.2) is 4.98 Å². The standard InChI is InChI=1S/C20H21BrN8O2/c1-29-6-4-14-12(9-29)7-13(8-15(14)21)24-20-26-19(16(17(22)31)27-28-20)25-18-11(10-30)3-2-5-23-18/h2-3,5,7-8,30H,4,6,9-10H2,1H3,(H2,22,31)(H2,23,24,25,26,28). The van der Waals surface area contributed by atoms with Crippen molar-refractivity contribution in [3.8, 4) is 0 Å². The number of pyridine rings is 1. The number of carbonyl (C=O) groups is 1. The molecule has 1 aromatic carbocycles. The van der Waals surface area contributed by atoms with Crippen LogP contribution >= 0.6 is 15.9 Å². The number of likely N-dealkylation sites (N-methyl/N-ethyl adjacent to an activating group) is 1. The highest BCUT2D eigenvalue weighted by Gasteiger charge is 2.19. The molecule has 0 bridgehead atoms. The fourth-order valence-corrected chi connectivity index (χ4v) is 4.11. The number of aromatic nitrogens is 4. The zero-order valence-corrected chi connectivity index (χ0v) is 18.3. The van der Waals surface area contributed by atoms with E-state index in [-0.39, 0.29) is 24.1 Å². The Labute approximate surface area is 187 Å². The zero-order valence-electron chi connectivity index (χ0n) is 16.8. The predicted molar refractivity (Wildman–Crippen MR) is 119 cm³/mol. The van der Waals surface area contributed by atoms with Gasteiger partial charge in [-0.2, -0.15) is 4.98 Å². The van der Waals surface area contributed by atoms with E-state index in [2.05, 4.69) is 64.7 Å². The van der Waals surface area contributed by atoms with Gasteiger partial charge in [0.05, 0.1) is 6.61 Å². The highest BCUT2D eigenvalue weighted by atomic mass is 79.9. The summed E-state index contributed by atoms with van der Waals surface area (Å²) in [6, 6.07) is 7.42. The SMILES string of the molecule is CN1CCc2c(Br)cc(Nc3nnc(C(N)=O)c(Nc4ncccc4CO)n3)cc2C1. The number of amides is 1. The summed E-state index contributed by atoms with van der Waals surface area (Å²) in [5.74, 6) is -0.159. The average Bonchev–Trinajstić information content (AvgIpc) is 2.74. The number of benzene rings is 1. The third-order valence-electron chi connectivity index (χ3n) is 4.95. The number of nitrogens with zero attached hydrogens (tertiary/aromatic N) is 5. The Morgan fingerprint density at radius 1 is 1.29 bits per heavy atom. The Morgan fingerprint density at radius 3 is 2.90 bits per heavy atom. The van der Waals surface area contributed by atoms with Gasteiger partial charge in [-0.3, -0.25) is 4.79 Å². The van der Waals surface area contributed by atoms with E-state index in [0.717, 1.165) is 29.7 Å². The first-order valence-corrected chi connectivity index (χ1v) is 10.4. The number of hydrogen-bond acceptors (Lipinski definition) is 9. The molecule has 3 heterocycles. The molecule has 31 heavy (non-hydrogen) atoms. The fraction of sp³-hybridized carbons (Fsp3) is 0.250. The van der Waals surface area contributed by atoms with Crippen LogP contribution in [0.5, 0.6) is 0 Å². The lowest BCUT2D eigenvalue weighted by molar-refractivity contribution is 0.0995. The van der Waals surface area contributed by atoms with Crippen molar-refractivity contribution < 1.29 is 9.90 Å². The highest BCUT2D eigenvalue weighted by molar-refractivity contribution is 9.10. The first kappa shape index (κ1) is 21.1. The molecule has 0 aliphatic carbocycles. The van der Waals surface area contributed by atoms with Crippen molar-refractivity contribution >= 4 is 45.1 Å². The van der Waals surface area contributed by atoms with Crippen LogP contribution in [0.3, 0.4) is 0 Å². The van der Waals surface area contributed by atoms with E-state index in [1.165, 1.54) is 11.1 Å². The minimum absolute atomic E-state index is 0.0927. The van der Waals surface area contributed by atoms with Crippen LogP contribution in [0.4, 0.5) is 23.3 Å². The number of anilines is 4. The molecular formula is C20H21BrN8O2. The molecule has 0 saturated heterocycles. The first-order chi connectivity index (χ1) is 14.9. The summed E-state index contributed by atoms with van der Waals surface area (Å²) in [6.45, 7) is 1.63. The number of primary amides is 1. The minimum Gasteiger partial charge on any atom is -0.392 e. The third kappa shape index (κ3) is 4.63. The number of fused-ring (bicyclic) bond motifs is 1. The van der Waals surface area contributed by atoms with Gasteiger partial charge in [0.15, 0.2) is 11.5 Å². The summed E-state index contributed by atoms with van der Waals surface area (Å²) in [6.07, 6.45) is 2.53. The Kier molecular flexibility index (Phi) is 6.07. The Hall–Kier alpha value is -3.15. The van der Waals surface area contributed by atoms with Crippen molar-refractivity contribution in [2.24, 2.45) is 5.73 Å². The van der Waals surface area contributed by atoms with Gasteiger partial charge in [-0.1, -0.05) is 22.0 Å². The van der Waals surface area contributed by atoms with E-state index in [1.807, 2.05) is 6.07 Å². The molecule has 11 heteroatoms. The predicted octanol–water partition coefficient (Wildman–Crippen LogP) is 2.10. The quantitative estimate of drug-likeness (QED) is 0.413. The van der Waals surface area contributed by atoms with Crippen molar-refractivity contribution in [2.45, 2.75) is 19.6 Å². The number of halogens is 1. The largest absolute Gasteiger partial charge is 0.392 e. The topological polar surface area (TPSA) is 142 Å². The van der Waals surface area contributed by atoms with Crippen LogP contribution in [-0.4, -0.2) is 49.7 Å². The highest BCUT2D eigenvalue weighted by Crippen LogP contribution is 2.31. The molecule has 2 aromatic heterocycles. The zero-order chi connectivity index (χ0) is 22.0. The maximum Gasteiger partial charge on any atom is 0.273 e. The molecular weight excluding hydrogens is 464 g/mol. The lowest BCUT2D eigenvalue weighted by Gasteiger charge is -2.26. The van der Waals surface area contributed by atoms with E-state index in [0.29, 0.717) is 11.4 Å². The molecule has 0 atom stereocenters. The molecule has 0 unspecified atom stereocenters. The van der Waals surface area contributed by atoms with E-state index in [9.17, 15) is 9.90 Å². The van der Waals surface area contributed by atoms with Gasteiger partial charge in [0.25, 0.3) is 5.91 Å². The van der Waals surface area contributed by atoms with Crippen LogP contribution in [-0.2, 0) is 19.6 Å². The summed E-state index contributed by atoms with van der Waals surface area (Å²) < 4.78 is 1.02. The number of nitrogens with one attached hydrogen (secondary N) is 2. The average molecular weight is 485 g/mol. The molecule has 10 nitrogen and oxygen atoms in total. The van der Waals surface area contributed by atoms with Crippen LogP contribution in [0, 0.1) is 0 Å². The fourth-order valence-electron chi connectivity index (χ4n) is 3.41. The molecule has 3 aromatic rings. The summed E-state index contributed by atoms with van der Waals surface area (Å²) in [5, 5.41) is 23.5. The summed E-state index contributed by atoms with van der Waals surface area (Å²) in [5.41, 5.74) is 9.13. The van der Waals surface area contributed by atoms with Gasteiger partial charge < -0.3 is 26.4 Å². The van der Waals surface area contributed by atoms with Crippen molar-refractivity contribution in [1.82, 2.24) is 25.1 Å². The van der Waals surface area contributed by atoms with Gasteiger partial charge >= 0.3 is 0 Å². The lowest BCUT2D eigenvalue weighted by atomic mass is 9.99. The molecule has 5 N–H and O–H groups in total. The number of hydrogen-bond donors (Lipinski definition) is 4. The van der Waals surface area contributed by atoms with Crippen molar-refractivity contribution in [3.63, 3.8) is 0 Å². The Bertz CT molecular complexity index is 1140. The van der Waals surface area contributed by atoms with E-state index >= 15 is 0 Å². The number of aliphatic hydroxyl groups excluding tert-OH is 1. The number of nitrogens with two attached hydrogens (primary N) is 1. The van der Waals surface area contributed by atoms with Gasteiger partial charge in [0.2, 0.25) is 5.95 Å². The third-order valence-corrected chi connectivity index (χ3v) is 5.65. The van der Waals surface area contributed by atoms with Gasteiger partial charge in [0, 0.05) is 35.0 Å². The minimum atomic E-state index is -0.782. The smallest absolute Gasteiger partial charge is 0.273 e. The molecule has 0 fully saturated rings. The Morgan fingerprint density at radius 2 is 2.13 bits per heavy atom. The molecule has 0 saturated carbocycles. The summed E-state index contributed by atoms with van der Waals surface area (Å²) >= 11 is 3.65. The van der Waals surface area contributed by atoms with Gasteiger partial charge in [-0.05, 0) is 42.8 Å². The maximum atomic E-state index is 11.8. The van der Waals surface area contributed by atoms with E-state index in [4.69, 9.17) is 5.73 Å². The van der Waals surface area contributed by atoms with Crippen molar-refractivity contribution in [1.29, 1.82) is 0 Å². The van der Waals surface area contributed by atoms with Crippen LogP contribution < -0.4 is 16.4 Å². The van der Waals surface area contributed by atoms with Crippen LogP contribution in [0.25, 0.3) is 0 Å². The second-order valence-corrected chi connectivity index (χ2v) is 8.05. The number of rotatable bonds is 6. The molecule has 1 aliphatic heterocycles. The summed E-state index contributed by atoms with van der Waals surface area (Å²) in [4.78, 5) is 22.6. The number of aliphatic hydroxyl groups is 1. The molecule has 1 amide bonds. The number of carbonyl (C=O) groups excluding carboxylic acids is 1. The molecule has 0 spiro atoms. The summed E-state index contributed by atoms with van der Waals surface area (Å²) in [7, 11) is 2.09. The van der Waals surface area contributed by atoms with E-state index < -0.39 is 5.91 Å². The van der Waals surface area contributed by atoms with E-state index in [1.54, 1.807) is 18.3 Å². The van der Waals surface area contributed by atoms with Crippen LogP contribution in [0.15, 0.2) is 34.9 Å². The maximum absolute atomic E-state index is 11.8. The second-order valence-electron chi connectivity index (χ2n) is 7.20.